The largest absolute Gasteiger partial charge is 0.350 e. The van der Waals surface area contributed by atoms with E-state index in [2.05, 4.69) is 31.5 Å². The van der Waals surface area contributed by atoms with Gasteiger partial charge in [-0.05, 0) is 39.5 Å². The number of hydrogen-bond acceptors (Lipinski definition) is 3. The van der Waals surface area contributed by atoms with Crippen molar-refractivity contribution < 1.29 is 4.79 Å². The lowest BCUT2D eigenvalue weighted by molar-refractivity contribution is 0.0928. The Morgan fingerprint density at radius 2 is 2.17 bits per heavy atom. The van der Waals surface area contributed by atoms with E-state index in [1.165, 1.54) is 0 Å². The van der Waals surface area contributed by atoms with Gasteiger partial charge in [-0.15, -0.1) is 11.3 Å². The zero-order chi connectivity index (χ0) is 12.7. The first kappa shape index (κ1) is 11.7. The minimum absolute atomic E-state index is 0.0176. The van der Waals surface area contributed by atoms with Gasteiger partial charge < -0.3 is 10.2 Å². The topological polar surface area (TPSA) is 32.3 Å². The van der Waals surface area contributed by atoms with Crippen molar-refractivity contribution in [2.45, 2.75) is 6.17 Å². The number of hydrogen-bond donors (Lipinski definition) is 1. The Kier molecular flexibility index (Phi) is 2.87. The minimum Gasteiger partial charge on any atom is -0.350 e. The van der Waals surface area contributed by atoms with Crippen LogP contribution in [0.25, 0.3) is 0 Å². The Morgan fingerprint density at radius 1 is 1.39 bits per heavy atom. The number of rotatable bonds is 1. The molecule has 0 fully saturated rings. The van der Waals surface area contributed by atoms with E-state index in [-0.39, 0.29) is 12.1 Å². The van der Waals surface area contributed by atoms with Crippen LogP contribution in [0.3, 0.4) is 0 Å². The SMILES string of the molecule is CN1c2ccccc2C(=O)N[C@H]1c1csc(Br)c1. The highest BCUT2D eigenvalue weighted by molar-refractivity contribution is 9.11. The summed E-state index contributed by atoms with van der Waals surface area (Å²) in [6.45, 7) is 0. The number of fused-ring (bicyclic) bond motifs is 1. The van der Waals surface area contributed by atoms with Crippen LogP contribution in [0.1, 0.15) is 22.1 Å². The molecule has 0 saturated heterocycles. The highest BCUT2D eigenvalue weighted by atomic mass is 79.9. The van der Waals surface area contributed by atoms with Crippen LogP contribution in [0, 0.1) is 0 Å². The summed E-state index contributed by atoms with van der Waals surface area (Å²) in [5.41, 5.74) is 2.79. The molecule has 1 atom stereocenters. The predicted molar refractivity (Wildman–Crippen MR) is 77.1 cm³/mol. The molecule has 2 aromatic rings. The molecule has 1 N–H and O–H groups in total. The summed E-state index contributed by atoms with van der Waals surface area (Å²) in [5.74, 6) is -0.0176. The van der Waals surface area contributed by atoms with E-state index < -0.39 is 0 Å². The second-order valence-corrected chi connectivity index (χ2v) is 6.48. The van der Waals surface area contributed by atoms with Gasteiger partial charge in [-0.3, -0.25) is 4.79 Å². The van der Waals surface area contributed by atoms with Gasteiger partial charge in [-0.1, -0.05) is 12.1 Å². The molecule has 0 spiro atoms. The maximum absolute atomic E-state index is 12.1. The van der Waals surface area contributed by atoms with E-state index in [1.54, 1.807) is 11.3 Å². The fourth-order valence-electron chi connectivity index (χ4n) is 2.18. The van der Waals surface area contributed by atoms with Crippen LogP contribution in [0.2, 0.25) is 0 Å². The summed E-state index contributed by atoms with van der Waals surface area (Å²) in [6.07, 6.45) is -0.102. The number of carbonyl (C=O) groups is 1. The number of benzene rings is 1. The molecule has 1 aliphatic rings. The average Bonchev–Trinajstić information content (AvgIpc) is 2.80. The lowest BCUT2D eigenvalue weighted by Crippen LogP contribution is -2.44. The van der Waals surface area contributed by atoms with E-state index in [4.69, 9.17) is 0 Å². The first-order chi connectivity index (χ1) is 8.66. The van der Waals surface area contributed by atoms with Crippen molar-refractivity contribution >= 4 is 38.9 Å². The molecule has 92 valence electrons. The molecule has 3 rings (SSSR count). The first-order valence-corrected chi connectivity index (χ1v) is 7.21. The molecular formula is C13H11BrN2OS. The number of nitrogens with zero attached hydrogens (tertiary/aromatic N) is 1. The quantitative estimate of drug-likeness (QED) is 0.872. The van der Waals surface area contributed by atoms with Crippen molar-refractivity contribution in [3.05, 3.63) is 50.6 Å². The van der Waals surface area contributed by atoms with Gasteiger partial charge in [0.15, 0.2) is 0 Å². The third-order valence-corrected chi connectivity index (χ3v) is 4.61. The van der Waals surface area contributed by atoms with Gasteiger partial charge >= 0.3 is 0 Å². The van der Waals surface area contributed by atoms with Crippen LogP contribution < -0.4 is 10.2 Å². The Balaban J connectivity index is 2.04. The molecule has 1 aliphatic heterocycles. The average molecular weight is 323 g/mol. The van der Waals surface area contributed by atoms with Gasteiger partial charge in [0.1, 0.15) is 6.17 Å². The van der Waals surface area contributed by atoms with Crippen molar-refractivity contribution in [1.82, 2.24) is 5.32 Å². The highest BCUT2D eigenvalue weighted by Crippen LogP contribution is 2.34. The number of halogens is 1. The summed E-state index contributed by atoms with van der Waals surface area (Å²) in [6, 6.07) is 9.70. The third kappa shape index (κ3) is 1.83. The summed E-state index contributed by atoms with van der Waals surface area (Å²) in [4.78, 5) is 14.2. The molecule has 0 bridgehead atoms. The Bertz CT molecular complexity index is 611. The normalized spacial score (nSPS) is 18.4. The van der Waals surface area contributed by atoms with Crippen molar-refractivity contribution in [1.29, 1.82) is 0 Å². The molecule has 0 radical (unpaired) electrons. The number of amides is 1. The molecule has 5 heteroatoms. The minimum atomic E-state index is -0.102. The van der Waals surface area contributed by atoms with Gasteiger partial charge in [0.05, 0.1) is 15.0 Å². The molecule has 0 aliphatic carbocycles. The van der Waals surface area contributed by atoms with Crippen LogP contribution in [0.4, 0.5) is 5.69 Å². The van der Waals surface area contributed by atoms with Crippen molar-refractivity contribution in [3.63, 3.8) is 0 Å². The molecule has 1 aromatic carbocycles. The van der Waals surface area contributed by atoms with Crippen molar-refractivity contribution in [2.75, 3.05) is 11.9 Å². The van der Waals surface area contributed by atoms with E-state index in [1.807, 2.05) is 37.4 Å². The van der Waals surface area contributed by atoms with E-state index >= 15 is 0 Å². The second-order valence-electron chi connectivity index (χ2n) is 4.19. The summed E-state index contributed by atoms with van der Waals surface area (Å²) >= 11 is 5.07. The zero-order valence-electron chi connectivity index (χ0n) is 9.68. The van der Waals surface area contributed by atoms with Crippen LogP contribution >= 0.6 is 27.3 Å². The number of nitrogens with one attached hydrogen (secondary N) is 1. The molecule has 0 unspecified atom stereocenters. The Morgan fingerprint density at radius 3 is 2.89 bits per heavy atom. The summed E-state index contributed by atoms with van der Waals surface area (Å²) in [7, 11) is 1.99. The molecule has 1 amide bonds. The standard InChI is InChI=1S/C13H11BrN2OS/c1-16-10-5-3-2-4-9(10)13(17)15-12(16)8-6-11(14)18-7-8/h2-7,12H,1H3,(H,15,17)/t12-/m1/s1. The van der Waals surface area contributed by atoms with Crippen LogP contribution in [0.5, 0.6) is 0 Å². The Hall–Kier alpha value is -1.33. The van der Waals surface area contributed by atoms with Gasteiger partial charge in [0.25, 0.3) is 5.91 Å². The molecular weight excluding hydrogens is 312 g/mol. The van der Waals surface area contributed by atoms with E-state index in [0.29, 0.717) is 0 Å². The molecule has 1 aromatic heterocycles. The van der Waals surface area contributed by atoms with Gasteiger partial charge in [-0.2, -0.15) is 0 Å². The number of thiophene rings is 1. The molecule has 2 heterocycles. The second kappa shape index (κ2) is 4.40. The fraction of sp³-hybridized carbons (Fsp3) is 0.154. The molecule has 18 heavy (non-hydrogen) atoms. The lowest BCUT2D eigenvalue weighted by Gasteiger charge is -2.35. The van der Waals surface area contributed by atoms with Crippen LogP contribution in [-0.2, 0) is 0 Å². The van der Waals surface area contributed by atoms with Gasteiger partial charge in [0, 0.05) is 12.6 Å². The third-order valence-electron chi connectivity index (χ3n) is 3.09. The van der Waals surface area contributed by atoms with Crippen LogP contribution in [-0.4, -0.2) is 13.0 Å². The predicted octanol–water partition coefficient (Wildman–Crippen LogP) is 3.39. The van der Waals surface area contributed by atoms with E-state index in [9.17, 15) is 4.79 Å². The van der Waals surface area contributed by atoms with Gasteiger partial charge in [0.2, 0.25) is 0 Å². The Labute approximate surface area is 118 Å². The lowest BCUT2D eigenvalue weighted by atomic mass is 10.1. The van der Waals surface area contributed by atoms with E-state index in [0.717, 1.165) is 20.6 Å². The van der Waals surface area contributed by atoms with Crippen molar-refractivity contribution in [3.8, 4) is 0 Å². The summed E-state index contributed by atoms with van der Waals surface area (Å²) in [5, 5.41) is 5.08. The smallest absolute Gasteiger partial charge is 0.255 e. The fourth-order valence-corrected chi connectivity index (χ4v) is 3.38. The van der Waals surface area contributed by atoms with Crippen molar-refractivity contribution in [2.24, 2.45) is 0 Å². The zero-order valence-corrected chi connectivity index (χ0v) is 12.1. The number of carbonyl (C=O) groups excluding carboxylic acids is 1. The monoisotopic (exact) mass is 322 g/mol. The maximum Gasteiger partial charge on any atom is 0.255 e. The number of para-hydroxylation sites is 1. The van der Waals surface area contributed by atoms with Gasteiger partial charge in [-0.25, -0.2) is 0 Å². The molecule has 0 saturated carbocycles. The number of anilines is 1. The maximum atomic E-state index is 12.1. The first-order valence-electron chi connectivity index (χ1n) is 5.53. The molecule has 3 nitrogen and oxygen atoms in total. The summed E-state index contributed by atoms with van der Waals surface area (Å²) < 4.78 is 1.07. The highest BCUT2D eigenvalue weighted by Gasteiger charge is 2.29. The van der Waals surface area contributed by atoms with Crippen LogP contribution in [0.15, 0.2) is 39.5 Å².